The third-order valence-corrected chi connectivity index (χ3v) is 7.87. The van der Waals surface area contributed by atoms with Gasteiger partial charge in [-0.3, -0.25) is 4.79 Å². The average molecular weight is 460 g/mol. The highest BCUT2D eigenvalue weighted by molar-refractivity contribution is 7.89. The maximum absolute atomic E-state index is 12.7. The van der Waals surface area contributed by atoms with Gasteiger partial charge in [0, 0.05) is 24.4 Å². The highest BCUT2D eigenvalue weighted by Crippen LogP contribution is 2.41. The molecule has 0 radical (unpaired) electrons. The van der Waals surface area contributed by atoms with Gasteiger partial charge in [-0.25, -0.2) is 18.6 Å². The van der Waals surface area contributed by atoms with Crippen LogP contribution in [0.25, 0.3) is 0 Å². The number of halogens is 1. The summed E-state index contributed by atoms with van der Waals surface area (Å²) < 4.78 is 28.3. The summed E-state index contributed by atoms with van der Waals surface area (Å²) in [4.78, 5) is 11.5. The second-order valence-electron chi connectivity index (χ2n) is 8.45. The third-order valence-electron chi connectivity index (χ3n) is 6.20. The van der Waals surface area contributed by atoms with E-state index < -0.39 is 10.0 Å². The van der Waals surface area contributed by atoms with Crippen molar-refractivity contribution in [1.82, 2.24) is 10.1 Å². The number of carbonyl (C=O) groups excluding carboxylic acids is 1. The predicted molar refractivity (Wildman–Crippen MR) is 122 cm³/mol. The van der Waals surface area contributed by atoms with Gasteiger partial charge in [0.25, 0.3) is 0 Å². The highest BCUT2D eigenvalue weighted by Gasteiger charge is 2.35. The van der Waals surface area contributed by atoms with Gasteiger partial charge in [-0.1, -0.05) is 48.7 Å². The Morgan fingerprint density at radius 2 is 1.68 bits per heavy atom. The van der Waals surface area contributed by atoms with Crippen LogP contribution in [-0.4, -0.2) is 26.6 Å². The van der Waals surface area contributed by atoms with Crippen molar-refractivity contribution >= 4 is 33.2 Å². The first-order valence-electron chi connectivity index (χ1n) is 10.6. The predicted octanol–water partition coefficient (Wildman–Crippen LogP) is 4.04. The summed E-state index contributed by atoms with van der Waals surface area (Å²) in [6.07, 6.45) is 6.13. The van der Waals surface area contributed by atoms with Gasteiger partial charge in [-0.05, 0) is 60.1 Å². The molecule has 2 aromatic rings. The van der Waals surface area contributed by atoms with E-state index in [0.717, 1.165) is 43.4 Å². The minimum atomic E-state index is -3.58. The van der Waals surface area contributed by atoms with Crippen molar-refractivity contribution in [3.63, 3.8) is 0 Å². The number of nitrogens with one attached hydrogen (secondary N) is 2. The molecule has 0 bridgehead atoms. The Labute approximate surface area is 188 Å². The molecule has 2 aromatic carbocycles. The zero-order valence-electron chi connectivity index (χ0n) is 17.2. The molecule has 0 aromatic heterocycles. The van der Waals surface area contributed by atoms with Crippen LogP contribution in [0.2, 0.25) is 5.02 Å². The lowest BCUT2D eigenvalue weighted by Gasteiger charge is -2.29. The number of nitrogens with zero attached hydrogens (tertiary/aromatic N) is 1. The molecule has 1 heterocycles. The number of amides is 1. The van der Waals surface area contributed by atoms with Gasteiger partial charge >= 0.3 is 0 Å². The van der Waals surface area contributed by atoms with Crippen molar-refractivity contribution in [2.45, 2.75) is 49.8 Å². The summed E-state index contributed by atoms with van der Waals surface area (Å²) in [6, 6.07) is 14.5. The van der Waals surface area contributed by atoms with Crippen LogP contribution < -0.4 is 10.1 Å². The molecule has 1 aliphatic carbocycles. The Morgan fingerprint density at radius 1 is 1.00 bits per heavy atom. The Kier molecular flexibility index (Phi) is 6.46. The molecule has 1 fully saturated rings. The number of benzene rings is 2. The molecule has 1 aliphatic heterocycles. The minimum absolute atomic E-state index is 0.0513. The number of rotatable bonds is 7. The van der Waals surface area contributed by atoms with Gasteiger partial charge in [0.1, 0.15) is 0 Å². The quantitative estimate of drug-likeness (QED) is 0.655. The molecule has 0 unspecified atom stereocenters. The van der Waals surface area contributed by atoms with Crippen LogP contribution in [0.3, 0.4) is 0 Å². The third kappa shape index (κ3) is 5.34. The molecular weight excluding hydrogens is 434 g/mol. The van der Waals surface area contributed by atoms with Crippen molar-refractivity contribution in [2.24, 2.45) is 10.5 Å². The number of carbonyl (C=O) groups is 1. The van der Waals surface area contributed by atoms with Gasteiger partial charge < -0.3 is 0 Å². The number of hydrogen-bond acceptors (Lipinski definition) is 4. The maximum atomic E-state index is 12.7. The molecule has 0 atom stereocenters. The Bertz CT molecular complexity index is 1070. The zero-order valence-corrected chi connectivity index (χ0v) is 18.8. The Hall–Kier alpha value is -2.22. The minimum Gasteiger partial charge on any atom is -0.273 e. The highest BCUT2D eigenvalue weighted by atomic mass is 35.5. The number of hydrogen-bond donors (Lipinski definition) is 2. The van der Waals surface area contributed by atoms with Gasteiger partial charge in [0.05, 0.1) is 10.6 Å². The van der Waals surface area contributed by atoms with Crippen LogP contribution in [0.5, 0.6) is 0 Å². The van der Waals surface area contributed by atoms with Crippen LogP contribution in [-0.2, 0) is 21.2 Å². The largest absolute Gasteiger partial charge is 0.273 e. The fourth-order valence-corrected chi connectivity index (χ4v) is 5.70. The van der Waals surface area contributed by atoms with Crippen molar-refractivity contribution in [1.29, 1.82) is 0 Å². The fraction of sp³-hybridized carbons (Fsp3) is 0.391. The van der Waals surface area contributed by atoms with Crippen LogP contribution in [0, 0.1) is 5.41 Å². The molecule has 0 saturated heterocycles. The second kappa shape index (κ2) is 9.10. The average Bonchev–Trinajstić information content (AvgIpc) is 3.23. The summed E-state index contributed by atoms with van der Waals surface area (Å²) >= 11 is 5.88. The molecule has 31 heavy (non-hydrogen) atoms. The van der Waals surface area contributed by atoms with Crippen molar-refractivity contribution in [2.75, 3.05) is 6.54 Å². The monoisotopic (exact) mass is 459 g/mol. The molecule has 8 heteroatoms. The molecule has 2 N–H and O–H groups in total. The molecule has 164 valence electrons. The first-order valence-corrected chi connectivity index (χ1v) is 12.4. The maximum Gasteiger partial charge on any atom is 0.240 e. The van der Waals surface area contributed by atoms with Crippen LogP contribution in [0.15, 0.2) is 58.5 Å². The molecule has 0 spiro atoms. The van der Waals surface area contributed by atoms with E-state index in [4.69, 9.17) is 11.6 Å². The second-order valence-corrected chi connectivity index (χ2v) is 10.7. The lowest BCUT2D eigenvalue weighted by atomic mass is 9.80. The first kappa shape index (κ1) is 22.0. The van der Waals surface area contributed by atoms with E-state index in [1.165, 1.54) is 17.7 Å². The van der Waals surface area contributed by atoms with Crippen LogP contribution in [0.1, 0.15) is 49.7 Å². The van der Waals surface area contributed by atoms with Crippen molar-refractivity contribution < 1.29 is 13.2 Å². The van der Waals surface area contributed by atoms with E-state index in [0.29, 0.717) is 24.4 Å². The van der Waals surface area contributed by atoms with Gasteiger partial charge in [-0.15, -0.1) is 0 Å². The topological polar surface area (TPSA) is 87.6 Å². The zero-order chi connectivity index (χ0) is 21.9. The lowest BCUT2D eigenvalue weighted by Crippen LogP contribution is -2.37. The Balaban J connectivity index is 1.45. The molecule has 2 aliphatic rings. The van der Waals surface area contributed by atoms with E-state index in [-0.39, 0.29) is 16.2 Å². The summed E-state index contributed by atoms with van der Waals surface area (Å²) in [5, 5.41) is 4.66. The normalized spacial score (nSPS) is 18.5. The summed E-state index contributed by atoms with van der Waals surface area (Å²) in [5.41, 5.74) is 5.52. The molecule has 1 amide bonds. The lowest BCUT2D eigenvalue weighted by molar-refractivity contribution is -0.121. The standard InChI is InChI=1S/C23H26ClN3O3S/c24-19-7-9-20(10-8-19)31(29,30)25-16-23(13-1-2-14-23)15-17-3-5-18(6-4-17)21-11-12-22(28)27-26-21/h3-10,25H,1-2,11-16H2,(H,27,28). The van der Waals surface area contributed by atoms with Gasteiger partial charge in [-0.2, -0.15) is 5.10 Å². The summed E-state index contributed by atoms with van der Waals surface area (Å²) in [6.45, 7) is 0.415. The number of hydrazone groups is 1. The fourth-order valence-electron chi connectivity index (χ4n) is 4.42. The smallest absolute Gasteiger partial charge is 0.240 e. The summed E-state index contributed by atoms with van der Waals surface area (Å²) in [7, 11) is -3.58. The molecule has 1 saturated carbocycles. The van der Waals surface area contributed by atoms with E-state index in [1.807, 2.05) is 12.1 Å². The SMILES string of the molecule is O=C1CCC(c2ccc(CC3(CNS(=O)(=O)c4ccc(Cl)cc4)CCCC3)cc2)=NN1. The van der Waals surface area contributed by atoms with Gasteiger partial charge in [0.2, 0.25) is 15.9 Å². The number of sulfonamides is 1. The van der Waals surface area contributed by atoms with Gasteiger partial charge in [0.15, 0.2) is 0 Å². The summed E-state index contributed by atoms with van der Waals surface area (Å²) in [5.74, 6) is -0.0513. The first-order chi connectivity index (χ1) is 14.9. The molecular formula is C23H26ClN3O3S. The van der Waals surface area contributed by atoms with E-state index >= 15 is 0 Å². The van der Waals surface area contributed by atoms with E-state index in [2.05, 4.69) is 27.4 Å². The van der Waals surface area contributed by atoms with E-state index in [9.17, 15) is 13.2 Å². The van der Waals surface area contributed by atoms with Crippen LogP contribution in [0.4, 0.5) is 0 Å². The van der Waals surface area contributed by atoms with E-state index in [1.54, 1.807) is 12.1 Å². The Morgan fingerprint density at radius 3 is 2.29 bits per heavy atom. The molecule has 6 nitrogen and oxygen atoms in total. The van der Waals surface area contributed by atoms with Crippen molar-refractivity contribution in [3.8, 4) is 0 Å². The van der Waals surface area contributed by atoms with Crippen molar-refractivity contribution in [3.05, 3.63) is 64.7 Å². The molecule has 4 rings (SSSR count). The van der Waals surface area contributed by atoms with Crippen LogP contribution >= 0.6 is 11.6 Å².